The van der Waals surface area contributed by atoms with Crippen molar-refractivity contribution in [1.29, 1.82) is 0 Å². The number of benzene rings is 4. The molecule has 0 saturated heterocycles. The second kappa shape index (κ2) is 26.9. The molecule has 0 nitrogen and oxygen atoms in total. The number of hydrogen-bond acceptors (Lipinski definition) is 0. The second-order valence-electron chi connectivity index (χ2n) is 8.04. The van der Waals surface area contributed by atoms with E-state index in [0.717, 1.165) is 0 Å². The molecule has 0 atom stereocenters. The minimum absolute atomic E-state index is 1.29. The Balaban J connectivity index is -0.000000444. The second-order valence-corrected chi connectivity index (χ2v) is 8.04. The molecule has 0 bridgehead atoms. The van der Waals surface area contributed by atoms with Crippen LogP contribution >= 0.6 is 0 Å². The molecule has 0 saturated carbocycles. The SMILES string of the molecule is CC.CC.CC.CC.Cc1ccc(-c2ccc(C)cc2)cc1.Cc1ccc(C)cc1.Cc1ccc(C)cc1. The molecular weight excluding hydrogens is 456 g/mol. The fourth-order valence-electron chi connectivity index (χ4n) is 2.77. The molecule has 0 amide bonds. The van der Waals surface area contributed by atoms with E-state index in [0.29, 0.717) is 0 Å². The van der Waals surface area contributed by atoms with Crippen LogP contribution < -0.4 is 0 Å². The largest absolute Gasteiger partial charge is 0.0683 e. The summed E-state index contributed by atoms with van der Waals surface area (Å²) in [7, 11) is 0. The average Bonchev–Trinajstić information content (AvgIpc) is 2.98. The third kappa shape index (κ3) is 20.0. The maximum atomic E-state index is 2.17. The summed E-state index contributed by atoms with van der Waals surface area (Å²) < 4.78 is 0. The van der Waals surface area contributed by atoms with Gasteiger partial charge in [-0.25, -0.2) is 0 Å². The van der Waals surface area contributed by atoms with E-state index in [9.17, 15) is 0 Å². The molecule has 0 aliphatic carbocycles. The van der Waals surface area contributed by atoms with Crippen LogP contribution in [0.15, 0.2) is 97.1 Å². The highest BCUT2D eigenvalue weighted by molar-refractivity contribution is 5.63. The number of hydrogen-bond donors (Lipinski definition) is 0. The van der Waals surface area contributed by atoms with Crippen molar-refractivity contribution in [2.45, 2.75) is 96.9 Å². The van der Waals surface area contributed by atoms with E-state index >= 15 is 0 Å². The van der Waals surface area contributed by atoms with Crippen molar-refractivity contribution in [2.24, 2.45) is 0 Å². The summed E-state index contributed by atoms with van der Waals surface area (Å²) >= 11 is 0. The van der Waals surface area contributed by atoms with Gasteiger partial charge in [0.25, 0.3) is 0 Å². The first-order chi connectivity index (χ1) is 18.3. The first kappa shape index (κ1) is 39.4. The van der Waals surface area contributed by atoms with Gasteiger partial charge in [-0.15, -0.1) is 0 Å². The highest BCUT2D eigenvalue weighted by atomic mass is 14.0. The lowest BCUT2D eigenvalue weighted by molar-refractivity contribution is 1.40. The molecule has 0 heterocycles. The zero-order valence-corrected chi connectivity index (χ0v) is 27.2. The molecule has 0 aromatic heterocycles. The molecule has 210 valence electrons. The third-order valence-corrected chi connectivity index (χ3v) is 4.87. The van der Waals surface area contributed by atoms with Crippen molar-refractivity contribution in [1.82, 2.24) is 0 Å². The normalized spacial score (nSPS) is 8.26. The Morgan fingerprint density at radius 2 is 0.316 bits per heavy atom. The Bertz CT molecular complexity index is 859. The Hall–Kier alpha value is -3.12. The Morgan fingerprint density at radius 1 is 0.211 bits per heavy atom. The molecule has 0 N–H and O–H groups in total. The molecule has 0 fully saturated rings. The van der Waals surface area contributed by atoms with Crippen LogP contribution in [-0.2, 0) is 0 Å². The molecule has 0 heteroatoms. The summed E-state index contributed by atoms with van der Waals surface area (Å²) in [5.41, 5.74) is 10.5. The summed E-state index contributed by atoms with van der Waals surface area (Å²) in [6, 6.07) is 34.2. The van der Waals surface area contributed by atoms with Crippen LogP contribution in [-0.4, -0.2) is 0 Å². The van der Waals surface area contributed by atoms with Gasteiger partial charge in [0.1, 0.15) is 0 Å². The van der Waals surface area contributed by atoms with Gasteiger partial charge in [0.15, 0.2) is 0 Å². The Kier molecular flexibility index (Phi) is 27.9. The molecule has 4 aromatic rings. The highest BCUT2D eigenvalue weighted by Gasteiger charge is 1.95. The van der Waals surface area contributed by atoms with Crippen LogP contribution in [0.3, 0.4) is 0 Å². The van der Waals surface area contributed by atoms with Crippen molar-refractivity contribution in [3.05, 3.63) is 130 Å². The van der Waals surface area contributed by atoms with E-state index < -0.39 is 0 Å². The number of aryl methyl sites for hydroxylation is 6. The quantitative estimate of drug-likeness (QED) is 0.237. The van der Waals surface area contributed by atoms with E-state index in [1.807, 2.05) is 55.4 Å². The van der Waals surface area contributed by atoms with Crippen LogP contribution in [0.25, 0.3) is 11.1 Å². The van der Waals surface area contributed by atoms with E-state index in [-0.39, 0.29) is 0 Å². The van der Waals surface area contributed by atoms with Crippen LogP contribution in [0.2, 0.25) is 0 Å². The van der Waals surface area contributed by atoms with Crippen LogP contribution in [0, 0.1) is 41.5 Å². The van der Waals surface area contributed by atoms with E-state index in [4.69, 9.17) is 0 Å². The highest BCUT2D eigenvalue weighted by Crippen LogP contribution is 2.19. The number of rotatable bonds is 1. The van der Waals surface area contributed by atoms with E-state index in [1.165, 1.54) is 44.5 Å². The maximum absolute atomic E-state index is 2.17. The van der Waals surface area contributed by atoms with Gasteiger partial charge in [0.05, 0.1) is 0 Å². The van der Waals surface area contributed by atoms with Crippen LogP contribution in [0.4, 0.5) is 0 Å². The summed E-state index contributed by atoms with van der Waals surface area (Å²) in [6.45, 7) is 28.6. The molecule has 0 unspecified atom stereocenters. The van der Waals surface area contributed by atoms with E-state index in [2.05, 4.69) is 139 Å². The fraction of sp³-hybridized carbons (Fsp3) is 0.368. The summed E-state index contributed by atoms with van der Waals surface area (Å²) in [6.07, 6.45) is 0. The monoisotopic (exact) mass is 514 g/mol. The van der Waals surface area contributed by atoms with Crippen molar-refractivity contribution in [3.8, 4) is 11.1 Å². The van der Waals surface area contributed by atoms with Gasteiger partial charge in [-0.1, -0.05) is 186 Å². The zero-order chi connectivity index (χ0) is 29.9. The fourth-order valence-corrected chi connectivity index (χ4v) is 2.77. The summed E-state index contributed by atoms with van der Waals surface area (Å²) in [5, 5.41) is 0. The van der Waals surface area contributed by atoms with Crippen molar-refractivity contribution < 1.29 is 0 Å². The summed E-state index contributed by atoms with van der Waals surface area (Å²) in [4.78, 5) is 0. The first-order valence-corrected chi connectivity index (χ1v) is 14.5. The predicted octanol–water partition coefficient (Wildman–Crippen LogP) is 12.7. The molecule has 38 heavy (non-hydrogen) atoms. The zero-order valence-electron chi connectivity index (χ0n) is 27.2. The van der Waals surface area contributed by atoms with Gasteiger partial charge in [-0.05, 0) is 52.7 Å². The smallest absolute Gasteiger partial charge is 0.0184 e. The van der Waals surface area contributed by atoms with Gasteiger partial charge < -0.3 is 0 Å². The molecule has 4 aromatic carbocycles. The lowest BCUT2D eigenvalue weighted by atomic mass is 10.0. The van der Waals surface area contributed by atoms with Gasteiger partial charge >= 0.3 is 0 Å². The lowest BCUT2D eigenvalue weighted by Crippen LogP contribution is -1.78. The van der Waals surface area contributed by atoms with Crippen molar-refractivity contribution >= 4 is 0 Å². The van der Waals surface area contributed by atoms with Gasteiger partial charge in [-0.2, -0.15) is 0 Å². The standard InChI is InChI=1S/C14H14.2C8H10.4C2H6/c1-11-3-7-13(8-4-11)14-9-5-12(2)6-10-14;2*1-7-3-5-8(2)6-4-7;4*1-2/h3-10H,1-2H3;2*3-6H,1-2H3;4*1-2H3. The van der Waals surface area contributed by atoms with Crippen LogP contribution in [0.5, 0.6) is 0 Å². The van der Waals surface area contributed by atoms with Crippen molar-refractivity contribution in [2.75, 3.05) is 0 Å². The predicted molar refractivity (Wildman–Crippen MR) is 179 cm³/mol. The summed E-state index contributed by atoms with van der Waals surface area (Å²) in [5.74, 6) is 0. The molecule has 0 spiro atoms. The van der Waals surface area contributed by atoms with E-state index in [1.54, 1.807) is 0 Å². The topological polar surface area (TPSA) is 0 Å². The molecule has 0 aliphatic rings. The molecule has 0 radical (unpaired) electrons. The Morgan fingerprint density at radius 3 is 0.447 bits per heavy atom. The third-order valence-electron chi connectivity index (χ3n) is 4.87. The minimum atomic E-state index is 1.29. The van der Waals surface area contributed by atoms with Gasteiger partial charge in [0, 0.05) is 0 Å². The maximum Gasteiger partial charge on any atom is -0.0184 e. The van der Waals surface area contributed by atoms with Gasteiger partial charge in [-0.3, -0.25) is 0 Å². The molecule has 4 rings (SSSR count). The molecule has 0 aliphatic heterocycles. The lowest BCUT2D eigenvalue weighted by Gasteiger charge is -2.02. The van der Waals surface area contributed by atoms with Crippen molar-refractivity contribution in [3.63, 3.8) is 0 Å². The molecular formula is C38H58. The average molecular weight is 515 g/mol. The first-order valence-electron chi connectivity index (χ1n) is 14.5. The van der Waals surface area contributed by atoms with Crippen LogP contribution in [0.1, 0.15) is 88.8 Å². The Labute approximate surface area is 238 Å². The minimum Gasteiger partial charge on any atom is -0.0683 e. The van der Waals surface area contributed by atoms with Gasteiger partial charge in [0.2, 0.25) is 0 Å².